The van der Waals surface area contributed by atoms with Crippen LogP contribution >= 0.6 is 0 Å². The lowest BCUT2D eigenvalue weighted by Gasteiger charge is -2.30. The number of fused-ring (bicyclic) bond motifs is 2. The standard InChI is InChI=1S/C23H28N4O3/c1-26-22-7-4-8-23(21(22)13-25-26)30-20(16-28)12-24-11-19(29)15-27-10-9-17-5-2-3-6-18(17)14-27/h2-8,13,16,19-20,24,29H,9-12,14-15H2,1H3. The van der Waals surface area contributed by atoms with Crippen LogP contribution < -0.4 is 10.1 Å². The van der Waals surface area contributed by atoms with Gasteiger partial charge in [0.25, 0.3) is 0 Å². The minimum Gasteiger partial charge on any atom is -0.481 e. The normalized spacial score (nSPS) is 16.2. The zero-order valence-corrected chi connectivity index (χ0v) is 17.2. The minimum atomic E-state index is -0.634. The lowest BCUT2D eigenvalue weighted by atomic mass is 10.00. The number of rotatable bonds is 9. The van der Waals surface area contributed by atoms with Crippen molar-refractivity contribution < 1.29 is 14.6 Å². The minimum absolute atomic E-state index is 0.333. The molecule has 7 heteroatoms. The second kappa shape index (κ2) is 9.38. The first-order chi connectivity index (χ1) is 14.6. The fourth-order valence-electron chi connectivity index (χ4n) is 4.00. The number of aliphatic hydroxyl groups excluding tert-OH is 1. The van der Waals surface area contributed by atoms with Crippen LogP contribution in [0.25, 0.3) is 10.9 Å². The average Bonchev–Trinajstić information content (AvgIpc) is 3.14. The fraction of sp³-hybridized carbons (Fsp3) is 0.391. The van der Waals surface area contributed by atoms with E-state index in [1.165, 1.54) is 11.1 Å². The number of hydrogen-bond donors (Lipinski definition) is 2. The summed E-state index contributed by atoms with van der Waals surface area (Å²) in [5.41, 5.74) is 3.68. The van der Waals surface area contributed by atoms with Crippen LogP contribution in [0.1, 0.15) is 11.1 Å². The molecule has 0 spiro atoms. The van der Waals surface area contributed by atoms with Crippen molar-refractivity contribution in [3.05, 3.63) is 59.8 Å². The molecule has 2 atom stereocenters. The molecule has 0 aliphatic carbocycles. The van der Waals surface area contributed by atoms with Crippen molar-refractivity contribution in [3.63, 3.8) is 0 Å². The van der Waals surface area contributed by atoms with Crippen LogP contribution in [-0.2, 0) is 24.8 Å². The van der Waals surface area contributed by atoms with Gasteiger partial charge in [0.1, 0.15) is 5.75 Å². The van der Waals surface area contributed by atoms with Crippen molar-refractivity contribution in [3.8, 4) is 5.75 Å². The molecule has 0 fully saturated rings. The number of carbonyl (C=O) groups excluding carboxylic acids is 1. The van der Waals surface area contributed by atoms with Crippen LogP contribution in [-0.4, -0.2) is 64.5 Å². The molecule has 4 rings (SSSR count). The number of aliphatic hydroxyl groups is 1. The van der Waals surface area contributed by atoms with Gasteiger partial charge < -0.3 is 15.2 Å². The average molecular weight is 409 g/mol. The predicted molar refractivity (Wildman–Crippen MR) is 115 cm³/mol. The summed E-state index contributed by atoms with van der Waals surface area (Å²) in [7, 11) is 1.87. The third-order valence-corrected chi connectivity index (χ3v) is 5.59. The van der Waals surface area contributed by atoms with Gasteiger partial charge in [-0.05, 0) is 29.7 Å². The van der Waals surface area contributed by atoms with E-state index in [0.717, 1.165) is 36.7 Å². The van der Waals surface area contributed by atoms with Crippen LogP contribution in [0.4, 0.5) is 0 Å². The zero-order valence-electron chi connectivity index (χ0n) is 17.2. The Morgan fingerprint density at radius 1 is 1.20 bits per heavy atom. The van der Waals surface area contributed by atoms with Gasteiger partial charge >= 0.3 is 0 Å². The molecule has 7 nitrogen and oxygen atoms in total. The summed E-state index contributed by atoms with van der Waals surface area (Å²) >= 11 is 0. The molecular formula is C23H28N4O3. The van der Waals surface area contributed by atoms with E-state index in [0.29, 0.717) is 25.4 Å². The molecule has 0 saturated carbocycles. The number of β-amino-alcohol motifs (C(OH)–C–C–N with tert-alkyl or cyclic N) is 1. The number of nitrogens with one attached hydrogen (secondary N) is 1. The summed E-state index contributed by atoms with van der Waals surface area (Å²) < 4.78 is 7.65. The highest BCUT2D eigenvalue weighted by Gasteiger charge is 2.19. The number of aldehydes is 1. The van der Waals surface area contributed by atoms with Gasteiger partial charge in [0.05, 0.1) is 23.2 Å². The molecule has 0 saturated heterocycles. The molecule has 2 heterocycles. The molecule has 1 aliphatic rings. The van der Waals surface area contributed by atoms with Crippen LogP contribution in [0.3, 0.4) is 0 Å². The molecule has 0 bridgehead atoms. The third-order valence-electron chi connectivity index (χ3n) is 5.59. The van der Waals surface area contributed by atoms with E-state index in [4.69, 9.17) is 4.74 Å². The lowest BCUT2D eigenvalue weighted by Crippen LogP contribution is -2.43. The highest BCUT2D eigenvalue weighted by Crippen LogP contribution is 2.25. The van der Waals surface area contributed by atoms with Gasteiger partial charge in [0.15, 0.2) is 12.4 Å². The predicted octanol–water partition coefficient (Wildman–Crippen LogP) is 1.53. The summed E-state index contributed by atoms with van der Waals surface area (Å²) in [5, 5.41) is 18.7. The molecule has 1 aromatic heterocycles. The van der Waals surface area contributed by atoms with E-state index in [1.54, 1.807) is 10.9 Å². The Bertz CT molecular complexity index is 1000. The van der Waals surface area contributed by atoms with Crippen molar-refractivity contribution in [2.75, 3.05) is 26.2 Å². The lowest BCUT2D eigenvalue weighted by molar-refractivity contribution is -0.113. The van der Waals surface area contributed by atoms with E-state index in [1.807, 2.05) is 25.2 Å². The van der Waals surface area contributed by atoms with Crippen LogP contribution in [0, 0.1) is 0 Å². The van der Waals surface area contributed by atoms with Crippen LogP contribution in [0.5, 0.6) is 5.75 Å². The van der Waals surface area contributed by atoms with Gasteiger partial charge in [0, 0.05) is 39.8 Å². The molecular weight excluding hydrogens is 380 g/mol. The van der Waals surface area contributed by atoms with E-state index in [9.17, 15) is 9.90 Å². The number of nitrogens with zero attached hydrogens (tertiary/aromatic N) is 3. The molecule has 30 heavy (non-hydrogen) atoms. The highest BCUT2D eigenvalue weighted by atomic mass is 16.5. The van der Waals surface area contributed by atoms with Crippen molar-refractivity contribution in [2.45, 2.75) is 25.2 Å². The molecule has 0 radical (unpaired) electrons. The number of carbonyl (C=O) groups is 1. The molecule has 3 aromatic rings. The SMILES string of the molecule is Cn1ncc2c(OC(C=O)CNCC(O)CN3CCc4ccccc4C3)cccc21. The molecule has 2 unspecified atom stereocenters. The maximum Gasteiger partial charge on any atom is 0.166 e. The quantitative estimate of drug-likeness (QED) is 0.523. The Morgan fingerprint density at radius 2 is 2.03 bits per heavy atom. The largest absolute Gasteiger partial charge is 0.481 e. The Kier molecular flexibility index (Phi) is 6.42. The Balaban J connectivity index is 1.25. The molecule has 158 valence electrons. The van der Waals surface area contributed by atoms with Gasteiger partial charge in [-0.15, -0.1) is 0 Å². The van der Waals surface area contributed by atoms with E-state index in [2.05, 4.69) is 39.6 Å². The first-order valence-corrected chi connectivity index (χ1v) is 10.3. The summed E-state index contributed by atoms with van der Waals surface area (Å²) in [6.07, 6.45) is 2.39. The highest BCUT2D eigenvalue weighted by molar-refractivity contribution is 5.85. The zero-order chi connectivity index (χ0) is 20.9. The van der Waals surface area contributed by atoms with E-state index >= 15 is 0 Å². The van der Waals surface area contributed by atoms with Crippen molar-refractivity contribution in [1.29, 1.82) is 0 Å². The first kappa shape index (κ1) is 20.5. The molecule has 2 N–H and O–H groups in total. The number of benzene rings is 2. The number of aryl methyl sites for hydroxylation is 1. The molecule has 1 aliphatic heterocycles. The smallest absolute Gasteiger partial charge is 0.166 e. The van der Waals surface area contributed by atoms with Gasteiger partial charge in [-0.1, -0.05) is 30.3 Å². The van der Waals surface area contributed by atoms with Gasteiger partial charge in [-0.25, -0.2) is 0 Å². The van der Waals surface area contributed by atoms with Gasteiger partial charge in [0.2, 0.25) is 0 Å². The summed E-state index contributed by atoms with van der Waals surface area (Å²) in [4.78, 5) is 13.8. The van der Waals surface area contributed by atoms with Gasteiger partial charge in [-0.2, -0.15) is 5.10 Å². The second-order valence-electron chi connectivity index (χ2n) is 7.82. The third kappa shape index (κ3) is 4.70. The molecule has 0 amide bonds. The Hall–Kier alpha value is -2.74. The Morgan fingerprint density at radius 3 is 2.87 bits per heavy atom. The number of hydrogen-bond acceptors (Lipinski definition) is 6. The van der Waals surface area contributed by atoms with E-state index < -0.39 is 12.2 Å². The first-order valence-electron chi connectivity index (χ1n) is 10.3. The number of aromatic nitrogens is 2. The van der Waals surface area contributed by atoms with Crippen LogP contribution in [0.15, 0.2) is 48.7 Å². The number of ether oxygens (including phenoxy) is 1. The van der Waals surface area contributed by atoms with Crippen molar-refractivity contribution in [1.82, 2.24) is 20.0 Å². The summed E-state index contributed by atoms with van der Waals surface area (Å²) in [5.74, 6) is 0.632. The second-order valence-corrected chi connectivity index (χ2v) is 7.82. The van der Waals surface area contributed by atoms with Gasteiger partial charge in [-0.3, -0.25) is 14.4 Å². The van der Waals surface area contributed by atoms with Crippen molar-refractivity contribution >= 4 is 17.2 Å². The van der Waals surface area contributed by atoms with Crippen LogP contribution in [0.2, 0.25) is 0 Å². The van der Waals surface area contributed by atoms with E-state index in [-0.39, 0.29) is 0 Å². The summed E-state index contributed by atoms with van der Waals surface area (Å²) in [6, 6.07) is 14.1. The monoisotopic (exact) mass is 408 g/mol. The Labute approximate surface area is 176 Å². The summed E-state index contributed by atoms with van der Waals surface area (Å²) in [6.45, 7) is 3.15. The fourth-order valence-corrected chi connectivity index (χ4v) is 4.00. The molecule has 2 aromatic carbocycles. The van der Waals surface area contributed by atoms with Crippen molar-refractivity contribution in [2.24, 2.45) is 7.05 Å². The maximum absolute atomic E-state index is 11.5. The topological polar surface area (TPSA) is 79.6 Å². The maximum atomic E-state index is 11.5.